The first-order valence-corrected chi connectivity index (χ1v) is 12.6. The minimum absolute atomic E-state index is 0.0102. The third-order valence-electron chi connectivity index (χ3n) is 6.05. The first-order chi connectivity index (χ1) is 18.8. The maximum absolute atomic E-state index is 13.6. The van der Waals surface area contributed by atoms with Crippen LogP contribution in [0.3, 0.4) is 0 Å². The van der Waals surface area contributed by atoms with E-state index < -0.39 is 23.6 Å². The van der Waals surface area contributed by atoms with Gasteiger partial charge in [-0.2, -0.15) is 0 Å². The first kappa shape index (κ1) is 27.4. The van der Waals surface area contributed by atoms with E-state index in [0.717, 1.165) is 16.8 Å². The molecule has 0 aliphatic rings. The molecule has 200 valence electrons. The Morgan fingerprint density at radius 2 is 1.77 bits per heavy atom. The molecular formula is C29H28ClN5O4. The van der Waals surface area contributed by atoms with Crippen molar-refractivity contribution in [1.82, 2.24) is 14.9 Å². The number of aryl methyl sites for hydroxylation is 1. The van der Waals surface area contributed by atoms with Crippen LogP contribution in [-0.2, 0) is 17.9 Å². The van der Waals surface area contributed by atoms with E-state index in [1.54, 1.807) is 48.8 Å². The minimum Gasteiger partial charge on any atom is -0.481 e. The van der Waals surface area contributed by atoms with Gasteiger partial charge in [0.1, 0.15) is 5.69 Å². The second-order valence-electron chi connectivity index (χ2n) is 8.96. The van der Waals surface area contributed by atoms with Crippen molar-refractivity contribution in [2.75, 3.05) is 10.6 Å². The van der Waals surface area contributed by atoms with Gasteiger partial charge in [-0.15, -0.1) is 0 Å². The van der Waals surface area contributed by atoms with E-state index in [1.165, 1.54) is 4.57 Å². The van der Waals surface area contributed by atoms with Crippen LogP contribution in [0.2, 0.25) is 5.02 Å². The van der Waals surface area contributed by atoms with E-state index in [2.05, 4.69) is 20.9 Å². The number of amides is 2. The average molecular weight is 546 g/mol. The number of benzene rings is 2. The molecule has 0 saturated carbocycles. The van der Waals surface area contributed by atoms with Crippen molar-refractivity contribution in [1.29, 1.82) is 0 Å². The molecule has 9 nitrogen and oxygen atoms in total. The summed E-state index contributed by atoms with van der Waals surface area (Å²) in [7, 11) is 0. The highest BCUT2D eigenvalue weighted by molar-refractivity contribution is 6.31. The monoisotopic (exact) mass is 545 g/mol. The Morgan fingerprint density at radius 3 is 2.46 bits per heavy atom. The average Bonchev–Trinajstić information content (AvgIpc) is 2.92. The number of nitrogens with one attached hydrogen (secondary N) is 3. The van der Waals surface area contributed by atoms with Gasteiger partial charge >= 0.3 is 12.0 Å². The molecular weight excluding hydrogens is 518 g/mol. The number of carboxylic acids is 1. The summed E-state index contributed by atoms with van der Waals surface area (Å²) in [5.74, 6) is -1.07. The SMILES string of the molecule is Cc1ccc([C@H](CC(=O)O)NC(=O)Nc2c(NCc3ccccn3)ccn(Cc3ccccc3Cl)c2=O)cc1. The van der Waals surface area contributed by atoms with Gasteiger partial charge in [-0.1, -0.05) is 65.7 Å². The molecule has 2 aromatic heterocycles. The van der Waals surface area contributed by atoms with Gasteiger partial charge in [-0.25, -0.2) is 4.79 Å². The normalized spacial score (nSPS) is 11.4. The van der Waals surface area contributed by atoms with Crippen molar-refractivity contribution < 1.29 is 14.7 Å². The number of anilines is 2. The standard InChI is InChI=1S/C29H28ClN5O4/c1-19-9-11-20(12-10-19)25(16-26(36)37)33-29(39)34-27-24(32-17-22-7-4-5-14-31-22)13-15-35(28(27)38)18-21-6-2-3-8-23(21)30/h2-15,25,32H,16-18H2,1H3,(H,36,37)(H2,33,34,39)/t25-/m0/s1. The summed E-state index contributed by atoms with van der Waals surface area (Å²) >= 11 is 6.30. The highest BCUT2D eigenvalue weighted by Gasteiger charge is 2.20. The number of hydrogen-bond donors (Lipinski definition) is 4. The highest BCUT2D eigenvalue weighted by Crippen LogP contribution is 2.22. The van der Waals surface area contributed by atoms with E-state index in [1.807, 2.05) is 43.3 Å². The van der Waals surface area contributed by atoms with Crippen molar-refractivity contribution in [3.8, 4) is 0 Å². The highest BCUT2D eigenvalue weighted by atomic mass is 35.5. The molecule has 0 fully saturated rings. The fourth-order valence-corrected chi connectivity index (χ4v) is 4.19. The second-order valence-corrected chi connectivity index (χ2v) is 9.37. The maximum Gasteiger partial charge on any atom is 0.319 e. The van der Waals surface area contributed by atoms with Crippen molar-refractivity contribution >= 4 is 35.0 Å². The Morgan fingerprint density at radius 1 is 1.03 bits per heavy atom. The van der Waals surface area contributed by atoms with Crippen molar-refractivity contribution in [3.05, 3.63) is 123 Å². The smallest absolute Gasteiger partial charge is 0.319 e. The largest absolute Gasteiger partial charge is 0.481 e. The number of carboxylic acid groups (broad SMARTS) is 1. The van der Waals surface area contributed by atoms with E-state index in [0.29, 0.717) is 22.8 Å². The molecule has 2 amide bonds. The Kier molecular flexibility index (Phi) is 8.96. The summed E-state index contributed by atoms with van der Waals surface area (Å²) in [6.07, 6.45) is 2.96. The van der Waals surface area contributed by atoms with Gasteiger partial charge in [0.25, 0.3) is 5.56 Å². The van der Waals surface area contributed by atoms with Gasteiger partial charge < -0.3 is 25.6 Å². The Bertz CT molecular complexity index is 1510. The number of nitrogens with zero attached hydrogens (tertiary/aromatic N) is 2. The summed E-state index contributed by atoms with van der Waals surface area (Å²) in [5.41, 5.74) is 3.07. The molecule has 0 radical (unpaired) electrons. The topological polar surface area (TPSA) is 125 Å². The molecule has 0 spiro atoms. The van der Waals surface area contributed by atoms with Crippen LogP contribution >= 0.6 is 11.6 Å². The van der Waals surface area contributed by atoms with Gasteiger partial charge in [-0.3, -0.25) is 14.6 Å². The van der Waals surface area contributed by atoms with Crippen LogP contribution in [0.15, 0.2) is 90.0 Å². The number of hydrogen-bond acceptors (Lipinski definition) is 5. The summed E-state index contributed by atoms with van der Waals surface area (Å²) in [6, 6.07) is 20.1. The predicted octanol–water partition coefficient (Wildman–Crippen LogP) is 5.20. The van der Waals surface area contributed by atoms with Crippen LogP contribution in [0.1, 0.15) is 34.8 Å². The van der Waals surface area contributed by atoms with Gasteiger partial charge in [0.05, 0.1) is 36.9 Å². The lowest BCUT2D eigenvalue weighted by atomic mass is 10.0. The molecule has 0 aliphatic carbocycles. The zero-order valence-corrected chi connectivity index (χ0v) is 22.0. The fourth-order valence-electron chi connectivity index (χ4n) is 4.00. The Labute approximate surface area is 230 Å². The number of urea groups is 1. The molecule has 2 aromatic carbocycles. The maximum atomic E-state index is 13.6. The molecule has 2 heterocycles. The lowest BCUT2D eigenvalue weighted by Gasteiger charge is -2.20. The summed E-state index contributed by atoms with van der Waals surface area (Å²) < 4.78 is 1.44. The molecule has 1 atom stereocenters. The van der Waals surface area contributed by atoms with Crippen molar-refractivity contribution in [3.63, 3.8) is 0 Å². The minimum atomic E-state index is -1.07. The number of carbonyl (C=O) groups excluding carboxylic acids is 1. The molecule has 39 heavy (non-hydrogen) atoms. The number of carbonyl (C=O) groups is 2. The summed E-state index contributed by atoms with van der Waals surface area (Å²) in [4.78, 5) is 42.5. The Balaban J connectivity index is 1.62. The summed E-state index contributed by atoms with van der Waals surface area (Å²) in [5, 5.41) is 18.4. The first-order valence-electron chi connectivity index (χ1n) is 12.3. The van der Waals surface area contributed by atoms with Crippen LogP contribution in [0, 0.1) is 6.92 Å². The van der Waals surface area contributed by atoms with Crippen LogP contribution in [-0.4, -0.2) is 26.7 Å². The molecule has 4 rings (SSSR count). The molecule has 0 saturated heterocycles. The fraction of sp³-hybridized carbons (Fsp3) is 0.172. The Hall–Kier alpha value is -4.63. The third kappa shape index (κ3) is 7.45. The van der Waals surface area contributed by atoms with Crippen LogP contribution in [0.5, 0.6) is 0 Å². The number of rotatable bonds is 10. The van der Waals surface area contributed by atoms with E-state index in [9.17, 15) is 19.5 Å². The van der Waals surface area contributed by atoms with Crippen LogP contribution < -0.4 is 21.5 Å². The lowest BCUT2D eigenvalue weighted by Crippen LogP contribution is -2.36. The predicted molar refractivity (Wildman–Crippen MR) is 151 cm³/mol. The molecule has 10 heteroatoms. The number of halogens is 1. The number of aliphatic carboxylic acids is 1. The molecule has 4 N–H and O–H groups in total. The van der Waals surface area contributed by atoms with Crippen molar-refractivity contribution in [2.24, 2.45) is 0 Å². The molecule has 4 aromatic rings. The van der Waals surface area contributed by atoms with E-state index in [-0.39, 0.29) is 18.7 Å². The van der Waals surface area contributed by atoms with Crippen LogP contribution in [0.25, 0.3) is 0 Å². The van der Waals surface area contributed by atoms with E-state index >= 15 is 0 Å². The second kappa shape index (κ2) is 12.7. The van der Waals surface area contributed by atoms with Crippen LogP contribution in [0.4, 0.5) is 16.2 Å². The van der Waals surface area contributed by atoms with Gasteiger partial charge in [0, 0.05) is 17.4 Å². The lowest BCUT2D eigenvalue weighted by molar-refractivity contribution is -0.137. The molecule has 0 unspecified atom stereocenters. The number of pyridine rings is 2. The van der Waals surface area contributed by atoms with E-state index in [4.69, 9.17) is 11.6 Å². The zero-order valence-electron chi connectivity index (χ0n) is 21.2. The van der Waals surface area contributed by atoms with Gasteiger partial charge in [0.2, 0.25) is 0 Å². The molecule has 0 bridgehead atoms. The summed E-state index contributed by atoms with van der Waals surface area (Å²) in [6.45, 7) is 2.43. The number of aromatic nitrogens is 2. The van der Waals surface area contributed by atoms with Crippen molar-refractivity contribution in [2.45, 2.75) is 32.5 Å². The zero-order chi connectivity index (χ0) is 27.8. The van der Waals surface area contributed by atoms with Gasteiger partial charge in [0.15, 0.2) is 0 Å². The quantitative estimate of drug-likeness (QED) is 0.217. The third-order valence-corrected chi connectivity index (χ3v) is 6.42. The molecule has 0 aliphatic heterocycles. The van der Waals surface area contributed by atoms with Gasteiger partial charge in [-0.05, 0) is 42.3 Å².